The number of hydrogen-bond donors (Lipinski definition) is 1. The maximum absolute atomic E-state index is 11.2. The summed E-state index contributed by atoms with van der Waals surface area (Å²) in [6, 6.07) is 0. The molecule has 0 rings (SSSR count). The molecule has 0 aromatic heterocycles. The van der Waals surface area contributed by atoms with Crippen molar-refractivity contribution in [1.82, 2.24) is 5.32 Å². The molecule has 0 heterocycles. The summed E-state index contributed by atoms with van der Waals surface area (Å²) in [5.41, 5.74) is 0. The zero-order chi connectivity index (χ0) is 13.8. The average Bonchev–Trinajstić information content (AvgIpc) is 2.30. The molecule has 0 aliphatic carbocycles. The Kier molecular flexibility index (Phi) is 11.0. The van der Waals surface area contributed by atoms with E-state index in [0.29, 0.717) is 39.6 Å². The van der Waals surface area contributed by atoms with Crippen LogP contribution in [-0.2, 0) is 19.0 Å². The van der Waals surface area contributed by atoms with Crippen LogP contribution in [0.2, 0.25) is 0 Å². The minimum atomic E-state index is 0.0225. The summed E-state index contributed by atoms with van der Waals surface area (Å²) in [5, 5.41) is 2.78. The van der Waals surface area contributed by atoms with Gasteiger partial charge in [0.1, 0.15) is 0 Å². The summed E-state index contributed by atoms with van der Waals surface area (Å²) in [7, 11) is 0. The number of hydrogen-bond acceptors (Lipinski definition) is 4. The van der Waals surface area contributed by atoms with Crippen molar-refractivity contribution in [2.75, 3.05) is 39.6 Å². The SMILES string of the molecule is CC(C)OCCOCCOCCNC(=O)C(C)C. The van der Waals surface area contributed by atoms with Crippen LogP contribution in [0.25, 0.3) is 0 Å². The number of ether oxygens (including phenoxy) is 3. The number of amides is 1. The molecule has 0 saturated carbocycles. The Morgan fingerprint density at radius 2 is 1.50 bits per heavy atom. The lowest BCUT2D eigenvalue weighted by Gasteiger charge is -2.09. The van der Waals surface area contributed by atoms with E-state index in [-0.39, 0.29) is 17.9 Å². The maximum atomic E-state index is 11.2. The molecule has 0 saturated heterocycles. The second-order valence-electron chi connectivity index (χ2n) is 4.59. The molecule has 5 heteroatoms. The molecular weight excluding hydrogens is 234 g/mol. The second kappa shape index (κ2) is 11.4. The molecule has 18 heavy (non-hydrogen) atoms. The molecule has 1 amide bonds. The topological polar surface area (TPSA) is 56.8 Å². The molecule has 0 aromatic rings. The van der Waals surface area contributed by atoms with Crippen molar-refractivity contribution in [2.24, 2.45) is 5.92 Å². The van der Waals surface area contributed by atoms with E-state index in [1.54, 1.807) is 0 Å². The van der Waals surface area contributed by atoms with Crippen LogP contribution in [0, 0.1) is 5.92 Å². The first-order valence-corrected chi connectivity index (χ1v) is 6.58. The number of rotatable bonds is 11. The predicted octanol–water partition coefficient (Wildman–Crippen LogP) is 1.22. The van der Waals surface area contributed by atoms with E-state index < -0.39 is 0 Å². The fourth-order valence-electron chi connectivity index (χ4n) is 1.12. The van der Waals surface area contributed by atoms with Crippen molar-refractivity contribution < 1.29 is 19.0 Å². The lowest BCUT2D eigenvalue weighted by Crippen LogP contribution is -2.31. The fraction of sp³-hybridized carbons (Fsp3) is 0.923. The standard InChI is InChI=1S/C13H27NO4/c1-11(2)13(15)14-5-6-16-7-8-17-9-10-18-12(3)4/h11-12H,5-10H2,1-4H3,(H,14,15). The molecule has 0 aliphatic heterocycles. The first kappa shape index (κ1) is 17.4. The molecule has 0 aromatic carbocycles. The van der Waals surface area contributed by atoms with Crippen molar-refractivity contribution >= 4 is 5.91 Å². The molecule has 0 atom stereocenters. The molecule has 0 spiro atoms. The Bertz CT molecular complexity index is 207. The third-order valence-electron chi connectivity index (χ3n) is 2.12. The lowest BCUT2D eigenvalue weighted by molar-refractivity contribution is -0.124. The van der Waals surface area contributed by atoms with E-state index in [1.807, 2.05) is 27.7 Å². The summed E-state index contributed by atoms with van der Waals surface area (Å²) < 4.78 is 15.9. The van der Waals surface area contributed by atoms with Crippen LogP contribution in [0.5, 0.6) is 0 Å². The molecule has 0 fully saturated rings. The normalized spacial score (nSPS) is 11.2. The van der Waals surface area contributed by atoms with E-state index in [0.717, 1.165) is 0 Å². The molecule has 0 radical (unpaired) electrons. The van der Waals surface area contributed by atoms with Crippen molar-refractivity contribution in [2.45, 2.75) is 33.8 Å². The van der Waals surface area contributed by atoms with E-state index in [2.05, 4.69) is 5.32 Å². The van der Waals surface area contributed by atoms with Crippen molar-refractivity contribution in [1.29, 1.82) is 0 Å². The zero-order valence-corrected chi connectivity index (χ0v) is 12.0. The van der Waals surface area contributed by atoms with Crippen LogP contribution >= 0.6 is 0 Å². The second-order valence-corrected chi connectivity index (χ2v) is 4.59. The summed E-state index contributed by atoms with van der Waals surface area (Å²) in [6.45, 7) is 11.1. The monoisotopic (exact) mass is 261 g/mol. The van der Waals surface area contributed by atoms with Gasteiger partial charge in [0.25, 0.3) is 0 Å². The third kappa shape index (κ3) is 11.8. The Morgan fingerprint density at radius 3 is 2.06 bits per heavy atom. The molecule has 108 valence electrons. The lowest BCUT2D eigenvalue weighted by atomic mass is 10.2. The van der Waals surface area contributed by atoms with Crippen LogP contribution in [0.1, 0.15) is 27.7 Å². The van der Waals surface area contributed by atoms with Crippen LogP contribution in [-0.4, -0.2) is 51.6 Å². The molecule has 0 bridgehead atoms. The number of nitrogens with one attached hydrogen (secondary N) is 1. The van der Waals surface area contributed by atoms with Gasteiger partial charge in [-0.2, -0.15) is 0 Å². The zero-order valence-electron chi connectivity index (χ0n) is 12.0. The first-order valence-electron chi connectivity index (χ1n) is 6.58. The highest BCUT2D eigenvalue weighted by molar-refractivity contribution is 5.77. The maximum Gasteiger partial charge on any atom is 0.222 e. The Balaban J connectivity index is 3.10. The minimum absolute atomic E-state index is 0.0225. The van der Waals surface area contributed by atoms with Gasteiger partial charge in [-0.3, -0.25) is 4.79 Å². The van der Waals surface area contributed by atoms with Gasteiger partial charge in [0, 0.05) is 12.5 Å². The van der Waals surface area contributed by atoms with E-state index in [9.17, 15) is 4.79 Å². The van der Waals surface area contributed by atoms with Gasteiger partial charge in [0.2, 0.25) is 5.91 Å². The van der Waals surface area contributed by atoms with Gasteiger partial charge in [0.05, 0.1) is 39.1 Å². The first-order chi connectivity index (χ1) is 8.54. The Labute approximate surface area is 110 Å². The third-order valence-corrected chi connectivity index (χ3v) is 2.12. The highest BCUT2D eigenvalue weighted by Crippen LogP contribution is 1.90. The van der Waals surface area contributed by atoms with Gasteiger partial charge in [0.15, 0.2) is 0 Å². The van der Waals surface area contributed by atoms with Gasteiger partial charge in [-0.05, 0) is 13.8 Å². The summed E-state index contributed by atoms with van der Waals surface area (Å²) in [4.78, 5) is 11.2. The van der Waals surface area contributed by atoms with Crippen LogP contribution in [0.3, 0.4) is 0 Å². The van der Waals surface area contributed by atoms with Crippen molar-refractivity contribution in [3.05, 3.63) is 0 Å². The predicted molar refractivity (Wildman–Crippen MR) is 70.6 cm³/mol. The van der Waals surface area contributed by atoms with Gasteiger partial charge in [-0.1, -0.05) is 13.8 Å². The van der Waals surface area contributed by atoms with Gasteiger partial charge < -0.3 is 19.5 Å². The highest BCUT2D eigenvalue weighted by Gasteiger charge is 2.04. The van der Waals surface area contributed by atoms with Crippen molar-refractivity contribution in [3.63, 3.8) is 0 Å². The fourth-order valence-corrected chi connectivity index (χ4v) is 1.12. The quantitative estimate of drug-likeness (QED) is 0.568. The summed E-state index contributed by atoms with van der Waals surface area (Å²) in [5.74, 6) is 0.0787. The number of carbonyl (C=O) groups excluding carboxylic acids is 1. The van der Waals surface area contributed by atoms with E-state index >= 15 is 0 Å². The number of carbonyl (C=O) groups is 1. The average molecular weight is 261 g/mol. The molecule has 0 aliphatic rings. The molecular formula is C13H27NO4. The Hall–Kier alpha value is -0.650. The molecule has 5 nitrogen and oxygen atoms in total. The smallest absolute Gasteiger partial charge is 0.222 e. The minimum Gasteiger partial charge on any atom is -0.377 e. The van der Waals surface area contributed by atoms with Gasteiger partial charge >= 0.3 is 0 Å². The summed E-state index contributed by atoms with van der Waals surface area (Å²) in [6.07, 6.45) is 0.245. The van der Waals surface area contributed by atoms with Gasteiger partial charge in [-0.25, -0.2) is 0 Å². The molecule has 0 unspecified atom stereocenters. The van der Waals surface area contributed by atoms with Crippen LogP contribution in [0.15, 0.2) is 0 Å². The highest BCUT2D eigenvalue weighted by atomic mass is 16.5. The van der Waals surface area contributed by atoms with Crippen LogP contribution in [0.4, 0.5) is 0 Å². The van der Waals surface area contributed by atoms with Crippen LogP contribution < -0.4 is 5.32 Å². The largest absolute Gasteiger partial charge is 0.377 e. The van der Waals surface area contributed by atoms with E-state index in [4.69, 9.17) is 14.2 Å². The van der Waals surface area contributed by atoms with Crippen molar-refractivity contribution in [3.8, 4) is 0 Å². The van der Waals surface area contributed by atoms with Gasteiger partial charge in [-0.15, -0.1) is 0 Å². The molecule has 1 N–H and O–H groups in total. The Morgan fingerprint density at radius 1 is 0.944 bits per heavy atom. The van der Waals surface area contributed by atoms with E-state index in [1.165, 1.54) is 0 Å². The summed E-state index contributed by atoms with van der Waals surface area (Å²) >= 11 is 0.